The molecular weight excluding hydrogens is 745 g/mol. The molecule has 10 nitrogen and oxygen atoms in total. The number of amides is 2. The van der Waals surface area contributed by atoms with Gasteiger partial charge in [-0.3, -0.25) is 9.59 Å². The van der Waals surface area contributed by atoms with Gasteiger partial charge in [0.1, 0.15) is 24.4 Å². The molecule has 8 unspecified atom stereocenters. The van der Waals surface area contributed by atoms with Gasteiger partial charge in [-0.1, -0.05) is 104 Å². The van der Waals surface area contributed by atoms with Gasteiger partial charge in [-0.15, -0.1) is 0 Å². The summed E-state index contributed by atoms with van der Waals surface area (Å²) < 4.78 is 26.7. The highest BCUT2D eigenvalue weighted by atomic mass is 16.8. The Morgan fingerprint density at radius 2 is 1.61 bits per heavy atom. The van der Waals surface area contributed by atoms with Crippen molar-refractivity contribution >= 4 is 23.9 Å². The average molecular weight is 801 g/mol. The van der Waals surface area contributed by atoms with E-state index in [0.29, 0.717) is 42.4 Å². The third-order valence-electron chi connectivity index (χ3n) is 14.1. The van der Waals surface area contributed by atoms with Gasteiger partial charge < -0.3 is 34.3 Å². The number of aliphatic hydroxyl groups excluding tert-OH is 1. The highest BCUT2D eigenvalue weighted by molar-refractivity contribution is 5.98. The number of ether oxygens (including phenoxy) is 4. The maximum atomic E-state index is 14.6. The predicted molar refractivity (Wildman–Crippen MR) is 222 cm³/mol. The van der Waals surface area contributed by atoms with E-state index in [1.165, 1.54) is 5.57 Å². The molecule has 0 radical (unpaired) electrons. The van der Waals surface area contributed by atoms with Crippen LogP contribution in [0, 0.1) is 17.3 Å². The van der Waals surface area contributed by atoms with Gasteiger partial charge >= 0.3 is 5.97 Å². The molecule has 59 heavy (non-hydrogen) atoms. The van der Waals surface area contributed by atoms with Crippen molar-refractivity contribution in [3.8, 4) is 0 Å². The minimum atomic E-state index is -1.34. The molecule has 3 saturated heterocycles. The Hall–Kier alpha value is -4.61. The minimum Gasteiger partial charge on any atom is -0.456 e. The zero-order valence-corrected chi connectivity index (χ0v) is 34.3. The number of aliphatic hydroxyl groups is 1. The van der Waals surface area contributed by atoms with Gasteiger partial charge in [0.15, 0.2) is 0 Å². The molecule has 9 rings (SSSR count). The van der Waals surface area contributed by atoms with Crippen LogP contribution in [0.5, 0.6) is 0 Å². The first-order chi connectivity index (χ1) is 28.5. The van der Waals surface area contributed by atoms with E-state index in [-0.39, 0.29) is 48.5 Å². The quantitative estimate of drug-likeness (QED) is 0.173. The van der Waals surface area contributed by atoms with E-state index >= 15 is 0 Å². The van der Waals surface area contributed by atoms with Crippen LogP contribution < -0.4 is 5.32 Å². The Kier molecular flexibility index (Phi) is 10.6. The molecule has 0 aromatic heterocycles. The molecule has 10 heteroatoms. The lowest BCUT2D eigenvalue weighted by atomic mass is 9.52. The Balaban J connectivity index is 1.04. The molecule has 0 bridgehead atoms. The maximum absolute atomic E-state index is 14.6. The summed E-state index contributed by atoms with van der Waals surface area (Å²) in [5.74, 6) is -1.42. The summed E-state index contributed by atoms with van der Waals surface area (Å²) in [6.45, 7) is 7.34. The summed E-state index contributed by atoms with van der Waals surface area (Å²) in [6, 6.07) is 26.3. The number of fused-ring (bicyclic) bond motifs is 3. The number of carbonyl (C=O) groups excluding carboxylic acids is 3. The lowest BCUT2D eigenvalue weighted by Crippen LogP contribution is -2.49. The van der Waals surface area contributed by atoms with Crippen molar-refractivity contribution in [3.63, 3.8) is 0 Å². The molecule has 2 amide bonds. The van der Waals surface area contributed by atoms with E-state index < -0.39 is 36.1 Å². The first kappa shape index (κ1) is 39.8. The first-order valence-electron chi connectivity index (χ1n) is 21.5. The zero-order valence-electron chi connectivity index (χ0n) is 34.3. The first-order valence-corrected chi connectivity index (χ1v) is 21.5. The van der Waals surface area contributed by atoms with Gasteiger partial charge in [-0.05, 0) is 86.8 Å². The second-order valence-electron chi connectivity index (χ2n) is 18.2. The minimum absolute atomic E-state index is 0.0213. The van der Waals surface area contributed by atoms with Gasteiger partial charge in [-0.2, -0.15) is 0 Å². The highest BCUT2D eigenvalue weighted by Gasteiger charge is 2.57. The normalized spacial score (nSPS) is 32.2. The fraction of sp³-hybridized carbons (Fsp3) is 0.490. The SMILES string of the molecule is CC1(C)CC2C(=Cc3ccccc3C(=O)OC3CC(C(=O)N4CCCC4C(=O)NCCO)=CC4OC(c5ccccc5)(c5ccccc5)OC43)CCC3OC3(C)CCC21. The number of hydrogen-bond donors (Lipinski definition) is 2. The molecule has 6 aliphatic rings. The Bertz CT molecular complexity index is 2090. The monoisotopic (exact) mass is 800 g/mol. The molecule has 3 aliphatic heterocycles. The van der Waals surface area contributed by atoms with Crippen molar-refractivity contribution in [1.82, 2.24) is 10.2 Å². The second-order valence-corrected chi connectivity index (χ2v) is 18.2. The van der Waals surface area contributed by atoms with E-state index in [9.17, 15) is 19.5 Å². The maximum Gasteiger partial charge on any atom is 0.339 e. The molecule has 8 atom stereocenters. The summed E-state index contributed by atoms with van der Waals surface area (Å²) in [7, 11) is 0. The van der Waals surface area contributed by atoms with Crippen LogP contribution in [0.3, 0.4) is 0 Å². The lowest BCUT2D eigenvalue weighted by molar-refractivity contribution is -0.157. The van der Waals surface area contributed by atoms with E-state index in [1.54, 1.807) is 11.0 Å². The molecule has 2 saturated carbocycles. The van der Waals surface area contributed by atoms with Crippen LogP contribution in [0.25, 0.3) is 6.08 Å². The largest absolute Gasteiger partial charge is 0.456 e. The number of likely N-dealkylation sites (tertiary alicyclic amines) is 1. The Morgan fingerprint density at radius 1 is 0.898 bits per heavy atom. The van der Waals surface area contributed by atoms with Gasteiger partial charge in [0.05, 0.1) is 23.9 Å². The smallest absolute Gasteiger partial charge is 0.339 e. The highest BCUT2D eigenvalue weighted by Crippen LogP contribution is 2.60. The van der Waals surface area contributed by atoms with Crippen LogP contribution in [-0.4, -0.2) is 83.5 Å². The number of carbonyl (C=O) groups is 3. The van der Waals surface area contributed by atoms with Crippen LogP contribution in [0.1, 0.15) is 99.2 Å². The van der Waals surface area contributed by atoms with Crippen molar-refractivity contribution in [3.05, 3.63) is 124 Å². The lowest BCUT2D eigenvalue weighted by Gasteiger charge is -2.53. The molecular formula is C49H56N2O8. The molecule has 310 valence electrons. The van der Waals surface area contributed by atoms with Gasteiger partial charge in [-0.25, -0.2) is 4.79 Å². The molecule has 3 aromatic carbocycles. The number of benzene rings is 3. The standard InChI is InChI=1S/C49H56N2O8/c1-47(2)30-37-32(20-21-42-48(3,58-42)23-22-38(37)47)27-31-13-10-11-18-36(31)46(55)56-40-28-33(45(54)51-25-12-19-39(51)44(53)50-24-26-52)29-41-43(40)59-49(57-41,34-14-6-4-7-15-34)35-16-8-5-9-17-35/h4-11,13-18,27,29,37-43,52H,12,19-26,28,30H2,1-3H3,(H,50,53). The molecule has 2 N–H and O–H groups in total. The molecule has 3 aromatic rings. The van der Waals surface area contributed by atoms with Crippen LogP contribution in [0.2, 0.25) is 0 Å². The van der Waals surface area contributed by atoms with Crippen LogP contribution >= 0.6 is 0 Å². The summed E-state index contributed by atoms with van der Waals surface area (Å²) in [5, 5.41) is 12.1. The zero-order chi connectivity index (χ0) is 40.9. The molecule has 3 heterocycles. The number of allylic oxidation sites excluding steroid dienone is 1. The summed E-state index contributed by atoms with van der Waals surface area (Å²) >= 11 is 0. The van der Waals surface area contributed by atoms with Crippen molar-refractivity contribution in [2.45, 2.75) is 114 Å². The van der Waals surface area contributed by atoms with Crippen LogP contribution in [-0.2, 0) is 34.3 Å². The third kappa shape index (κ3) is 7.47. The van der Waals surface area contributed by atoms with E-state index in [4.69, 9.17) is 18.9 Å². The van der Waals surface area contributed by atoms with Crippen LogP contribution in [0.15, 0.2) is 102 Å². The topological polar surface area (TPSA) is 127 Å². The number of nitrogens with zero attached hydrogens (tertiary/aromatic N) is 1. The van der Waals surface area contributed by atoms with E-state index in [0.717, 1.165) is 48.8 Å². The Morgan fingerprint density at radius 3 is 2.32 bits per heavy atom. The number of rotatable bonds is 9. The van der Waals surface area contributed by atoms with Gasteiger partial charge in [0, 0.05) is 36.2 Å². The number of hydrogen-bond acceptors (Lipinski definition) is 8. The molecule has 5 fully saturated rings. The summed E-state index contributed by atoms with van der Waals surface area (Å²) in [4.78, 5) is 43.8. The van der Waals surface area contributed by atoms with E-state index in [2.05, 4.69) is 32.2 Å². The third-order valence-corrected chi connectivity index (χ3v) is 14.1. The van der Waals surface area contributed by atoms with Crippen molar-refractivity contribution in [2.24, 2.45) is 17.3 Å². The van der Waals surface area contributed by atoms with Gasteiger partial charge in [0.25, 0.3) is 0 Å². The average Bonchev–Trinajstić information content (AvgIpc) is 3.54. The summed E-state index contributed by atoms with van der Waals surface area (Å²) in [6.07, 6.45) is 8.41. The van der Waals surface area contributed by atoms with Gasteiger partial charge in [0.2, 0.25) is 17.6 Å². The number of nitrogens with one attached hydrogen (secondary N) is 1. The second kappa shape index (κ2) is 15.8. The molecule has 0 spiro atoms. The van der Waals surface area contributed by atoms with Crippen molar-refractivity contribution < 1.29 is 38.4 Å². The number of esters is 1. The molecule has 3 aliphatic carbocycles. The van der Waals surface area contributed by atoms with E-state index in [1.807, 2.05) is 84.9 Å². The van der Waals surface area contributed by atoms with Crippen LogP contribution in [0.4, 0.5) is 0 Å². The fourth-order valence-corrected chi connectivity index (χ4v) is 10.8. The predicted octanol–water partition coefficient (Wildman–Crippen LogP) is 7.10. The number of epoxide rings is 1. The van der Waals surface area contributed by atoms with Crippen molar-refractivity contribution in [1.29, 1.82) is 0 Å². The fourth-order valence-electron chi connectivity index (χ4n) is 10.8. The van der Waals surface area contributed by atoms with Crippen molar-refractivity contribution in [2.75, 3.05) is 19.7 Å². The summed E-state index contributed by atoms with van der Waals surface area (Å²) in [5.41, 5.74) is 4.82. The Labute approximate surface area is 346 Å².